The summed E-state index contributed by atoms with van der Waals surface area (Å²) in [5.41, 5.74) is 0. The average molecular weight is 399 g/mol. The maximum absolute atomic E-state index is 8.74. The van der Waals surface area contributed by atoms with Crippen molar-refractivity contribution < 1.29 is 10.2 Å². The highest BCUT2D eigenvalue weighted by atomic mass is 16.3. The fourth-order valence-corrected chi connectivity index (χ4v) is 4.11. The second-order valence-corrected chi connectivity index (χ2v) is 8.93. The molecule has 0 saturated heterocycles. The highest BCUT2D eigenvalue weighted by Gasteiger charge is 1.96. The zero-order chi connectivity index (χ0) is 20.4. The first-order valence-electron chi connectivity index (χ1n) is 13.1. The minimum absolute atomic E-state index is 0.369. The maximum Gasteiger partial charge on any atom is 0.0431 e. The van der Waals surface area contributed by atoms with Crippen molar-refractivity contribution >= 4 is 0 Å². The summed E-state index contributed by atoms with van der Waals surface area (Å²) < 4.78 is 0. The first kappa shape index (κ1) is 27.9. The van der Waals surface area contributed by atoms with E-state index in [1.807, 2.05) is 0 Å². The minimum atomic E-state index is 0.369. The molecule has 0 atom stereocenters. The van der Waals surface area contributed by atoms with Gasteiger partial charge in [-0.05, 0) is 12.8 Å². The molecule has 0 aliphatic rings. The van der Waals surface area contributed by atoms with Gasteiger partial charge in [0.2, 0.25) is 0 Å². The Labute approximate surface area is 177 Å². The molecule has 0 heterocycles. The molecule has 0 aromatic carbocycles. The van der Waals surface area contributed by atoms with Crippen LogP contribution in [-0.4, -0.2) is 23.4 Å². The molecule has 2 N–H and O–H groups in total. The largest absolute Gasteiger partial charge is 0.396 e. The monoisotopic (exact) mass is 398 g/mol. The van der Waals surface area contributed by atoms with Gasteiger partial charge in [0.15, 0.2) is 0 Å². The van der Waals surface area contributed by atoms with E-state index in [0.717, 1.165) is 12.8 Å². The predicted molar refractivity (Wildman–Crippen MR) is 125 cm³/mol. The minimum Gasteiger partial charge on any atom is -0.396 e. The van der Waals surface area contributed by atoms with E-state index in [9.17, 15) is 0 Å². The smallest absolute Gasteiger partial charge is 0.0431 e. The summed E-state index contributed by atoms with van der Waals surface area (Å²) in [5, 5.41) is 17.5. The van der Waals surface area contributed by atoms with Crippen molar-refractivity contribution in [1.29, 1.82) is 0 Å². The number of unbranched alkanes of at least 4 members (excludes halogenated alkanes) is 23. The van der Waals surface area contributed by atoms with Crippen molar-refractivity contribution in [1.82, 2.24) is 0 Å². The third-order valence-electron chi connectivity index (χ3n) is 6.07. The van der Waals surface area contributed by atoms with Gasteiger partial charge in [0.1, 0.15) is 0 Å². The Morgan fingerprint density at radius 2 is 0.286 bits per heavy atom. The van der Waals surface area contributed by atoms with Gasteiger partial charge in [-0.1, -0.05) is 141 Å². The normalized spacial score (nSPS) is 11.4. The molecule has 28 heavy (non-hydrogen) atoms. The second-order valence-electron chi connectivity index (χ2n) is 8.93. The summed E-state index contributed by atoms with van der Waals surface area (Å²) >= 11 is 0. The zero-order valence-electron chi connectivity index (χ0n) is 19.3. The van der Waals surface area contributed by atoms with E-state index in [1.165, 1.54) is 141 Å². The number of rotatable bonds is 25. The van der Waals surface area contributed by atoms with E-state index < -0.39 is 0 Å². The Morgan fingerprint density at radius 1 is 0.179 bits per heavy atom. The third kappa shape index (κ3) is 25.9. The standard InChI is InChI=1S/C26H54O2/c27-25-23-21-19-17-15-13-11-9-7-5-3-1-2-4-6-8-10-12-14-16-18-20-22-24-26-28/h27-28H,1-26H2. The summed E-state index contributed by atoms with van der Waals surface area (Å²) in [6.07, 6.45) is 32.8. The molecule has 2 nitrogen and oxygen atoms in total. The van der Waals surface area contributed by atoms with Crippen LogP contribution in [0.4, 0.5) is 0 Å². The molecule has 170 valence electrons. The van der Waals surface area contributed by atoms with E-state index in [2.05, 4.69) is 0 Å². The molecular weight excluding hydrogens is 344 g/mol. The van der Waals surface area contributed by atoms with Crippen LogP contribution in [0.3, 0.4) is 0 Å². The van der Waals surface area contributed by atoms with Crippen LogP contribution in [0.25, 0.3) is 0 Å². The molecule has 0 aromatic rings. The highest BCUT2D eigenvalue weighted by molar-refractivity contribution is 4.51. The summed E-state index contributed by atoms with van der Waals surface area (Å²) in [5.74, 6) is 0. The van der Waals surface area contributed by atoms with Gasteiger partial charge in [-0.25, -0.2) is 0 Å². The summed E-state index contributed by atoms with van der Waals surface area (Å²) in [4.78, 5) is 0. The SMILES string of the molecule is OCCCCCCCCCCCCCCCCCCCCCCCCCCO. The molecule has 0 aliphatic carbocycles. The average Bonchev–Trinajstić information content (AvgIpc) is 2.71. The van der Waals surface area contributed by atoms with Crippen LogP contribution in [0.1, 0.15) is 154 Å². The van der Waals surface area contributed by atoms with E-state index in [4.69, 9.17) is 10.2 Å². The van der Waals surface area contributed by atoms with E-state index in [0.29, 0.717) is 13.2 Å². The second kappa shape index (κ2) is 26.9. The Bertz CT molecular complexity index is 229. The van der Waals surface area contributed by atoms with Crippen LogP contribution in [-0.2, 0) is 0 Å². The van der Waals surface area contributed by atoms with Crippen LogP contribution in [0.15, 0.2) is 0 Å². The van der Waals surface area contributed by atoms with Gasteiger partial charge in [0.05, 0.1) is 0 Å². The van der Waals surface area contributed by atoms with E-state index >= 15 is 0 Å². The molecule has 0 unspecified atom stereocenters. The van der Waals surface area contributed by atoms with E-state index in [-0.39, 0.29) is 0 Å². The lowest BCUT2D eigenvalue weighted by Crippen LogP contribution is -1.85. The van der Waals surface area contributed by atoms with Crippen molar-refractivity contribution in [3.05, 3.63) is 0 Å². The fourth-order valence-electron chi connectivity index (χ4n) is 4.11. The van der Waals surface area contributed by atoms with Crippen molar-refractivity contribution in [2.45, 2.75) is 154 Å². The van der Waals surface area contributed by atoms with Gasteiger partial charge >= 0.3 is 0 Å². The van der Waals surface area contributed by atoms with Crippen LogP contribution in [0.5, 0.6) is 0 Å². The van der Waals surface area contributed by atoms with Crippen LogP contribution in [0, 0.1) is 0 Å². The van der Waals surface area contributed by atoms with Gasteiger partial charge in [-0.15, -0.1) is 0 Å². The van der Waals surface area contributed by atoms with Crippen LogP contribution in [0.2, 0.25) is 0 Å². The molecule has 0 radical (unpaired) electrons. The fraction of sp³-hybridized carbons (Fsp3) is 1.00. The topological polar surface area (TPSA) is 40.5 Å². The lowest BCUT2D eigenvalue weighted by atomic mass is 10.0. The van der Waals surface area contributed by atoms with Crippen molar-refractivity contribution in [2.24, 2.45) is 0 Å². The lowest BCUT2D eigenvalue weighted by Gasteiger charge is -2.04. The van der Waals surface area contributed by atoms with E-state index in [1.54, 1.807) is 0 Å². The molecule has 0 fully saturated rings. The molecular formula is C26H54O2. The van der Waals surface area contributed by atoms with Gasteiger partial charge in [-0.3, -0.25) is 0 Å². The third-order valence-corrected chi connectivity index (χ3v) is 6.07. The van der Waals surface area contributed by atoms with Crippen LogP contribution >= 0.6 is 0 Å². The number of aliphatic hydroxyl groups is 2. The Hall–Kier alpha value is -0.0800. The molecule has 2 heteroatoms. The highest BCUT2D eigenvalue weighted by Crippen LogP contribution is 2.15. The summed E-state index contributed by atoms with van der Waals surface area (Å²) in [6, 6.07) is 0. The lowest BCUT2D eigenvalue weighted by molar-refractivity contribution is 0.282. The molecule has 0 aromatic heterocycles. The van der Waals surface area contributed by atoms with Gasteiger partial charge in [-0.2, -0.15) is 0 Å². The molecule has 0 amide bonds. The number of aliphatic hydroxyl groups excluding tert-OH is 2. The van der Waals surface area contributed by atoms with Gasteiger partial charge < -0.3 is 10.2 Å². The van der Waals surface area contributed by atoms with Gasteiger partial charge in [0.25, 0.3) is 0 Å². The Kier molecular flexibility index (Phi) is 26.8. The predicted octanol–water partition coefficient (Wildman–Crippen LogP) is 8.33. The molecule has 0 bridgehead atoms. The maximum atomic E-state index is 8.74. The first-order valence-corrected chi connectivity index (χ1v) is 13.1. The number of hydrogen-bond acceptors (Lipinski definition) is 2. The quantitative estimate of drug-likeness (QED) is 0.152. The molecule has 0 rings (SSSR count). The summed E-state index contributed by atoms with van der Waals surface area (Å²) in [7, 11) is 0. The molecule has 0 spiro atoms. The van der Waals surface area contributed by atoms with Crippen molar-refractivity contribution in [2.75, 3.05) is 13.2 Å². The Balaban J connectivity index is 2.96. The summed E-state index contributed by atoms with van der Waals surface area (Å²) in [6.45, 7) is 0.738. The van der Waals surface area contributed by atoms with Gasteiger partial charge in [0, 0.05) is 13.2 Å². The number of hydrogen-bond donors (Lipinski definition) is 2. The van der Waals surface area contributed by atoms with Crippen LogP contribution < -0.4 is 0 Å². The Morgan fingerprint density at radius 3 is 0.393 bits per heavy atom. The first-order chi connectivity index (χ1) is 13.9. The molecule has 0 aliphatic heterocycles. The zero-order valence-corrected chi connectivity index (χ0v) is 19.3. The van der Waals surface area contributed by atoms with Crippen molar-refractivity contribution in [3.8, 4) is 0 Å². The molecule has 0 saturated carbocycles. The van der Waals surface area contributed by atoms with Crippen molar-refractivity contribution in [3.63, 3.8) is 0 Å².